The zero-order chi connectivity index (χ0) is 10.1. The molecule has 2 heterocycles. The van der Waals surface area contributed by atoms with Gasteiger partial charge in [-0.05, 0) is 12.8 Å². The van der Waals surface area contributed by atoms with Gasteiger partial charge in [0.15, 0.2) is 0 Å². The van der Waals surface area contributed by atoms with Gasteiger partial charge in [-0.2, -0.15) is 0 Å². The molecule has 0 atom stereocenters. The molecule has 0 spiro atoms. The first-order valence-corrected chi connectivity index (χ1v) is 5.95. The molecule has 3 rings (SSSR count). The van der Waals surface area contributed by atoms with Crippen LogP contribution in [0.2, 0.25) is 0 Å². The van der Waals surface area contributed by atoms with E-state index in [0.29, 0.717) is 6.04 Å². The molecule has 4 nitrogen and oxygen atoms in total. The van der Waals surface area contributed by atoms with Crippen LogP contribution < -0.4 is 5.32 Å². The molecule has 2 aromatic rings. The van der Waals surface area contributed by atoms with Crippen molar-refractivity contribution in [1.29, 1.82) is 0 Å². The number of aromatic nitrogens is 3. The van der Waals surface area contributed by atoms with E-state index in [1.54, 1.807) is 11.3 Å². The number of rotatable bonds is 4. The second kappa shape index (κ2) is 3.66. The number of thiazole rings is 1. The van der Waals surface area contributed by atoms with Crippen molar-refractivity contribution in [2.45, 2.75) is 25.4 Å². The molecular formula is C10H12N4S. The predicted molar refractivity (Wildman–Crippen MR) is 59.9 cm³/mol. The van der Waals surface area contributed by atoms with Crippen LogP contribution in [0.15, 0.2) is 24.1 Å². The van der Waals surface area contributed by atoms with Crippen LogP contribution in [0.4, 0.5) is 5.95 Å². The number of imidazole rings is 1. The van der Waals surface area contributed by atoms with Gasteiger partial charge in [0.2, 0.25) is 5.95 Å². The summed E-state index contributed by atoms with van der Waals surface area (Å²) in [5, 5.41) is 3.34. The van der Waals surface area contributed by atoms with Crippen molar-refractivity contribution in [1.82, 2.24) is 14.5 Å². The lowest BCUT2D eigenvalue weighted by Gasteiger charge is -2.06. The maximum absolute atomic E-state index is 4.31. The minimum atomic E-state index is 0.677. The summed E-state index contributed by atoms with van der Waals surface area (Å²) in [7, 11) is 0. The Bertz CT molecular complexity index is 430. The van der Waals surface area contributed by atoms with Gasteiger partial charge in [0.25, 0.3) is 0 Å². The van der Waals surface area contributed by atoms with Gasteiger partial charge >= 0.3 is 0 Å². The van der Waals surface area contributed by atoms with Gasteiger partial charge < -0.3 is 9.88 Å². The van der Waals surface area contributed by atoms with Crippen LogP contribution >= 0.6 is 11.3 Å². The molecular weight excluding hydrogens is 208 g/mol. The van der Waals surface area contributed by atoms with Crippen LogP contribution in [0.3, 0.4) is 0 Å². The molecule has 0 radical (unpaired) electrons. The van der Waals surface area contributed by atoms with E-state index in [1.165, 1.54) is 17.7 Å². The maximum Gasteiger partial charge on any atom is 0.203 e. The number of nitrogens with zero attached hydrogens (tertiary/aromatic N) is 3. The average Bonchev–Trinajstić information content (AvgIpc) is 2.81. The Hall–Kier alpha value is -1.36. The fourth-order valence-electron chi connectivity index (χ4n) is 1.59. The normalized spacial score (nSPS) is 15.5. The maximum atomic E-state index is 4.31. The van der Waals surface area contributed by atoms with Crippen LogP contribution in [-0.4, -0.2) is 14.5 Å². The SMILES string of the molecule is c1cn(C2CC2)c(NCc2cncs2)n1. The summed E-state index contributed by atoms with van der Waals surface area (Å²) < 4.78 is 2.22. The van der Waals surface area contributed by atoms with Crippen LogP contribution in [-0.2, 0) is 6.54 Å². The fraction of sp³-hybridized carbons (Fsp3) is 0.400. The number of anilines is 1. The van der Waals surface area contributed by atoms with Gasteiger partial charge in [-0.1, -0.05) is 0 Å². The monoisotopic (exact) mass is 220 g/mol. The standard InChI is InChI=1S/C10H12N4S/c1-2-8(1)14-4-3-12-10(14)13-6-9-5-11-7-15-9/h3-5,7-8H,1-2,6H2,(H,12,13). The van der Waals surface area contributed by atoms with Crippen molar-refractivity contribution in [3.05, 3.63) is 29.0 Å². The molecule has 78 valence electrons. The molecule has 1 aliphatic rings. The highest BCUT2D eigenvalue weighted by atomic mass is 32.1. The second-order valence-electron chi connectivity index (χ2n) is 3.71. The Morgan fingerprint density at radius 2 is 2.47 bits per heavy atom. The van der Waals surface area contributed by atoms with Crippen LogP contribution in [0.25, 0.3) is 0 Å². The summed E-state index contributed by atoms with van der Waals surface area (Å²) in [6, 6.07) is 0.677. The lowest BCUT2D eigenvalue weighted by atomic mass is 10.5. The van der Waals surface area contributed by atoms with Crippen molar-refractivity contribution in [2.75, 3.05) is 5.32 Å². The van der Waals surface area contributed by atoms with Gasteiger partial charge in [0.05, 0.1) is 12.1 Å². The molecule has 0 aliphatic heterocycles. The zero-order valence-corrected chi connectivity index (χ0v) is 9.07. The quantitative estimate of drug-likeness (QED) is 0.859. The molecule has 0 amide bonds. The predicted octanol–water partition coefficient (Wildman–Crippen LogP) is 2.29. The third kappa shape index (κ3) is 1.87. The molecule has 1 aliphatic carbocycles. The molecule has 0 aromatic carbocycles. The molecule has 0 unspecified atom stereocenters. The largest absolute Gasteiger partial charge is 0.351 e. The third-order valence-electron chi connectivity index (χ3n) is 2.51. The lowest BCUT2D eigenvalue weighted by Crippen LogP contribution is -2.05. The first-order chi connectivity index (χ1) is 7.43. The van der Waals surface area contributed by atoms with Crippen molar-refractivity contribution < 1.29 is 0 Å². The van der Waals surface area contributed by atoms with Crippen molar-refractivity contribution >= 4 is 17.3 Å². The minimum Gasteiger partial charge on any atom is -0.351 e. The molecule has 0 bridgehead atoms. The third-order valence-corrected chi connectivity index (χ3v) is 3.29. The Balaban J connectivity index is 1.68. The van der Waals surface area contributed by atoms with Gasteiger partial charge in [0, 0.05) is 29.5 Å². The summed E-state index contributed by atoms with van der Waals surface area (Å²) >= 11 is 1.66. The topological polar surface area (TPSA) is 42.7 Å². The molecule has 5 heteroatoms. The number of hydrogen-bond acceptors (Lipinski definition) is 4. The van der Waals surface area contributed by atoms with Crippen LogP contribution in [0, 0.1) is 0 Å². The van der Waals surface area contributed by atoms with Crippen molar-refractivity contribution in [3.8, 4) is 0 Å². The van der Waals surface area contributed by atoms with Crippen molar-refractivity contribution in [3.63, 3.8) is 0 Å². The van der Waals surface area contributed by atoms with Gasteiger partial charge in [-0.25, -0.2) is 4.98 Å². The first-order valence-electron chi connectivity index (χ1n) is 5.07. The van der Waals surface area contributed by atoms with E-state index < -0.39 is 0 Å². The van der Waals surface area contributed by atoms with Crippen LogP contribution in [0.5, 0.6) is 0 Å². The number of nitrogens with one attached hydrogen (secondary N) is 1. The zero-order valence-electron chi connectivity index (χ0n) is 8.26. The average molecular weight is 220 g/mol. The summed E-state index contributed by atoms with van der Waals surface area (Å²) in [5.41, 5.74) is 1.85. The van der Waals surface area contributed by atoms with E-state index in [1.807, 2.05) is 24.1 Å². The highest BCUT2D eigenvalue weighted by Crippen LogP contribution is 2.36. The van der Waals surface area contributed by atoms with Gasteiger partial charge in [-0.15, -0.1) is 11.3 Å². The van der Waals surface area contributed by atoms with E-state index >= 15 is 0 Å². The first kappa shape index (κ1) is 8.91. The van der Waals surface area contributed by atoms with Crippen molar-refractivity contribution in [2.24, 2.45) is 0 Å². The smallest absolute Gasteiger partial charge is 0.203 e. The molecule has 2 aromatic heterocycles. The molecule has 1 N–H and O–H groups in total. The second-order valence-corrected chi connectivity index (χ2v) is 4.68. The van der Waals surface area contributed by atoms with E-state index in [2.05, 4.69) is 19.9 Å². The van der Waals surface area contributed by atoms with E-state index in [0.717, 1.165) is 12.5 Å². The summed E-state index contributed by atoms with van der Waals surface area (Å²) in [4.78, 5) is 9.59. The Morgan fingerprint density at radius 1 is 1.53 bits per heavy atom. The van der Waals surface area contributed by atoms with E-state index in [9.17, 15) is 0 Å². The highest BCUT2D eigenvalue weighted by molar-refractivity contribution is 7.09. The minimum absolute atomic E-state index is 0.677. The summed E-state index contributed by atoms with van der Waals surface area (Å²) in [6.07, 6.45) is 8.36. The fourth-order valence-corrected chi connectivity index (χ4v) is 2.13. The van der Waals surface area contributed by atoms with E-state index in [4.69, 9.17) is 0 Å². The Kier molecular flexibility index (Phi) is 2.17. The molecule has 0 saturated heterocycles. The van der Waals surface area contributed by atoms with Gasteiger partial charge in [0.1, 0.15) is 0 Å². The molecule has 15 heavy (non-hydrogen) atoms. The summed E-state index contributed by atoms with van der Waals surface area (Å²) in [6.45, 7) is 0.814. The highest BCUT2D eigenvalue weighted by Gasteiger charge is 2.25. The Labute approximate surface area is 92.0 Å². The van der Waals surface area contributed by atoms with E-state index in [-0.39, 0.29) is 0 Å². The molecule has 1 fully saturated rings. The summed E-state index contributed by atoms with van der Waals surface area (Å²) in [5.74, 6) is 0.978. The number of hydrogen-bond donors (Lipinski definition) is 1. The van der Waals surface area contributed by atoms with Crippen LogP contribution in [0.1, 0.15) is 23.8 Å². The molecule has 1 saturated carbocycles. The van der Waals surface area contributed by atoms with Gasteiger partial charge in [-0.3, -0.25) is 4.98 Å². The lowest BCUT2D eigenvalue weighted by molar-refractivity contribution is 0.743. The Morgan fingerprint density at radius 3 is 3.20 bits per heavy atom.